The Labute approximate surface area is 176 Å². The molecule has 1 aliphatic heterocycles. The standard InChI is InChI=1S/C23H25N5S/c29-23-26-21(20-7-3-4-11-25-20)22(28(23)15-17-8-12-24-13-9-17)18-10-14-27(16-18)19-5-1-2-6-19/h3-4,7-14,16,19,21-22H,1-2,5-6,15H2,(H,26,29). The third-order valence-electron chi connectivity index (χ3n) is 6.13. The Morgan fingerprint density at radius 1 is 1.03 bits per heavy atom. The molecule has 1 saturated heterocycles. The van der Waals surface area contributed by atoms with Crippen LogP contribution in [0.2, 0.25) is 0 Å². The van der Waals surface area contributed by atoms with Crippen LogP contribution in [0, 0.1) is 0 Å². The van der Waals surface area contributed by atoms with Crippen molar-refractivity contribution < 1.29 is 0 Å². The maximum atomic E-state index is 5.77. The van der Waals surface area contributed by atoms with Gasteiger partial charge < -0.3 is 14.8 Å². The summed E-state index contributed by atoms with van der Waals surface area (Å²) in [5.74, 6) is 0. The summed E-state index contributed by atoms with van der Waals surface area (Å²) in [5.41, 5.74) is 3.51. The molecule has 3 aromatic rings. The summed E-state index contributed by atoms with van der Waals surface area (Å²) in [6.45, 7) is 0.747. The van der Waals surface area contributed by atoms with Crippen molar-refractivity contribution in [3.63, 3.8) is 0 Å². The van der Waals surface area contributed by atoms with Gasteiger partial charge in [-0.3, -0.25) is 9.97 Å². The van der Waals surface area contributed by atoms with E-state index in [9.17, 15) is 0 Å². The molecule has 1 aliphatic carbocycles. The molecule has 4 heterocycles. The van der Waals surface area contributed by atoms with Crippen LogP contribution in [0.4, 0.5) is 0 Å². The molecule has 29 heavy (non-hydrogen) atoms. The minimum Gasteiger partial charge on any atom is -0.352 e. The zero-order valence-corrected chi connectivity index (χ0v) is 17.1. The van der Waals surface area contributed by atoms with Crippen molar-refractivity contribution in [1.29, 1.82) is 0 Å². The van der Waals surface area contributed by atoms with Crippen molar-refractivity contribution in [2.45, 2.75) is 50.4 Å². The fourth-order valence-corrected chi connectivity index (χ4v) is 4.96. The Kier molecular flexibility index (Phi) is 5.02. The molecular formula is C23H25N5S. The Hall–Kier alpha value is -2.73. The minimum atomic E-state index is 0.0324. The van der Waals surface area contributed by atoms with Crippen LogP contribution in [0.15, 0.2) is 67.4 Å². The summed E-state index contributed by atoms with van der Waals surface area (Å²) in [4.78, 5) is 11.1. The first-order valence-electron chi connectivity index (χ1n) is 10.3. The van der Waals surface area contributed by atoms with Gasteiger partial charge in [0.2, 0.25) is 0 Å². The fourth-order valence-electron chi connectivity index (χ4n) is 4.66. The largest absolute Gasteiger partial charge is 0.352 e. The van der Waals surface area contributed by atoms with E-state index in [-0.39, 0.29) is 12.1 Å². The van der Waals surface area contributed by atoms with Crippen LogP contribution in [0.5, 0.6) is 0 Å². The zero-order chi connectivity index (χ0) is 19.6. The lowest BCUT2D eigenvalue weighted by Gasteiger charge is -2.27. The van der Waals surface area contributed by atoms with E-state index < -0.39 is 0 Å². The first kappa shape index (κ1) is 18.3. The van der Waals surface area contributed by atoms with Crippen molar-refractivity contribution in [3.8, 4) is 0 Å². The number of aromatic nitrogens is 3. The number of pyridine rings is 2. The molecule has 1 N–H and O–H groups in total. The number of thiocarbonyl (C=S) groups is 1. The van der Waals surface area contributed by atoms with Crippen LogP contribution in [0.25, 0.3) is 0 Å². The van der Waals surface area contributed by atoms with E-state index in [0.717, 1.165) is 17.4 Å². The lowest BCUT2D eigenvalue weighted by atomic mass is 9.99. The van der Waals surface area contributed by atoms with E-state index in [4.69, 9.17) is 12.2 Å². The summed E-state index contributed by atoms with van der Waals surface area (Å²) < 4.78 is 2.41. The molecule has 0 bridgehead atoms. The molecule has 0 radical (unpaired) electrons. The van der Waals surface area contributed by atoms with Crippen molar-refractivity contribution >= 4 is 17.3 Å². The molecular weight excluding hydrogens is 378 g/mol. The zero-order valence-electron chi connectivity index (χ0n) is 16.3. The van der Waals surface area contributed by atoms with E-state index >= 15 is 0 Å². The van der Waals surface area contributed by atoms with Crippen molar-refractivity contribution in [3.05, 3.63) is 84.2 Å². The van der Waals surface area contributed by atoms with E-state index in [1.807, 2.05) is 30.7 Å². The van der Waals surface area contributed by atoms with Crippen molar-refractivity contribution in [1.82, 2.24) is 24.8 Å². The number of nitrogens with one attached hydrogen (secondary N) is 1. The molecule has 148 valence electrons. The predicted molar refractivity (Wildman–Crippen MR) is 117 cm³/mol. The Morgan fingerprint density at radius 2 is 1.86 bits per heavy atom. The Morgan fingerprint density at radius 3 is 2.62 bits per heavy atom. The van der Waals surface area contributed by atoms with Crippen molar-refractivity contribution in [2.75, 3.05) is 0 Å². The summed E-state index contributed by atoms with van der Waals surface area (Å²) in [6.07, 6.45) is 15.3. The molecule has 0 amide bonds. The number of hydrogen-bond acceptors (Lipinski definition) is 3. The normalized spacial score (nSPS) is 22.2. The van der Waals surface area contributed by atoms with Crippen LogP contribution in [-0.4, -0.2) is 24.5 Å². The highest BCUT2D eigenvalue weighted by molar-refractivity contribution is 7.80. The van der Waals surface area contributed by atoms with Gasteiger partial charge in [0.05, 0.1) is 17.8 Å². The van der Waals surface area contributed by atoms with Gasteiger partial charge in [-0.15, -0.1) is 0 Å². The molecule has 0 spiro atoms. The van der Waals surface area contributed by atoms with Crippen LogP contribution in [-0.2, 0) is 6.54 Å². The van der Waals surface area contributed by atoms with Gasteiger partial charge in [0.1, 0.15) is 0 Å². The number of nitrogens with zero attached hydrogens (tertiary/aromatic N) is 4. The van der Waals surface area contributed by atoms with Gasteiger partial charge in [-0.25, -0.2) is 0 Å². The molecule has 3 aromatic heterocycles. The average Bonchev–Trinajstić information content (AvgIpc) is 3.50. The van der Waals surface area contributed by atoms with Crippen LogP contribution in [0.1, 0.15) is 60.6 Å². The second kappa shape index (κ2) is 7.95. The Bertz CT molecular complexity index is 965. The number of hydrogen-bond donors (Lipinski definition) is 1. The summed E-state index contributed by atoms with van der Waals surface area (Å²) in [7, 11) is 0. The average molecular weight is 404 g/mol. The third-order valence-corrected chi connectivity index (χ3v) is 6.48. The molecule has 5 nitrogen and oxygen atoms in total. The van der Waals surface area contributed by atoms with Crippen LogP contribution in [0.3, 0.4) is 0 Å². The monoisotopic (exact) mass is 403 g/mol. The van der Waals surface area contributed by atoms with Gasteiger partial charge >= 0.3 is 0 Å². The lowest BCUT2D eigenvalue weighted by molar-refractivity contribution is 0.310. The SMILES string of the molecule is S=C1NC(c2ccccn2)C(c2ccn(C3CCCC3)c2)N1Cc1ccncc1. The van der Waals surface area contributed by atoms with Gasteiger partial charge in [0, 0.05) is 43.6 Å². The van der Waals surface area contributed by atoms with Crippen molar-refractivity contribution in [2.24, 2.45) is 0 Å². The van der Waals surface area contributed by atoms with Crippen LogP contribution < -0.4 is 5.32 Å². The number of rotatable bonds is 5. The fraction of sp³-hybridized carbons (Fsp3) is 0.348. The minimum absolute atomic E-state index is 0.0324. The molecule has 5 rings (SSSR count). The Balaban J connectivity index is 1.50. The topological polar surface area (TPSA) is 46.0 Å². The molecule has 1 saturated carbocycles. The molecule has 6 heteroatoms. The van der Waals surface area contributed by atoms with E-state index in [2.05, 4.69) is 61.4 Å². The smallest absolute Gasteiger partial charge is 0.170 e. The molecule has 0 aromatic carbocycles. The summed E-state index contributed by atoms with van der Waals surface area (Å²) >= 11 is 5.77. The highest BCUT2D eigenvalue weighted by Crippen LogP contribution is 2.40. The van der Waals surface area contributed by atoms with E-state index in [1.54, 1.807) is 0 Å². The van der Waals surface area contributed by atoms with Crippen LogP contribution >= 0.6 is 12.2 Å². The predicted octanol–water partition coefficient (Wildman–Crippen LogP) is 4.57. The molecule has 2 aliphatic rings. The lowest BCUT2D eigenvalue weighted by Crippen LogP contribution is -2.29. The highest BCUT2D eigenvalue weighted by Gasteiger charge is 2.40. The quantitative estimate of drug-likeness (QED) is 0.633. The van der Waals surface area contributed by atoms with E-state index in [1.165, 1.54) is 36.8 Å². The third kappa shape index (κ3) is 3.65. The maximum absolute atomic E-state index is 5.77. The first-order valence-corrected chi connectivity index (χ1v) is 10.7. The summed E-state index contributed by atoms with van der Waals surface area (Å²) in [5, 5.41) is 4.31. The molecule has 2 fully saturated rings. The van der Waals surface area contributed by atoms with Gasteiger partial charge in [0.15, 0.2) is 5.11 Å². The highest BCUT2D eigenvalue weighted by atomic mass is 32.1. The molecule has 2 atom stereocenters. The maximum Gasteiger partial charge on any atom is 0.170 e. The van der Waals surface area contributed by atoms with Gasteiger partial charge in [-0.05, 0) is 66.5 Å². The van der Waals surface area contributed by atoms with Gasteiger partial charge in [0.25, 0.3) is 0 Å². The second-order valence-corrected chi connectivity index (χ2v) is 8.33. The van der Waals surface area contributed by atoms with Gasteiger partial charge in [-0.1, -0.05) is 18.9 Å². The first-order chi connectivity index (χ1) is 14.3. The summed E-state index contributed by atoms with van der Waals surface area (Å²) in [6, 6.07) is 13.2. The van der Waals surface area contributed by atoms with Gasteiger partial charge in [-0.2, -0.15) is 0 Å². The van der Waals surface area contributed by atoms with E-state index in [0.29, 0.717) is 6.04 Å². The second-order valence-electron chi connectivity index (χ2n) is 7.94. The molecule has 2 unspecified atom stereocenters.